The summed E-state index contributed by atoms with van der Waals surface area (Å²) in [4.78, 5) is 22.9. The summed E-state index contributed by atoms with van der Waals surface area (Å²) in [5, 5.41) is 11.0. The van der Waals surface area contributed by atoms with Crippen LogP contribution in [0, 0.1) is 17.0 Å². The third kappa shape index (κ3) is 3.25. The molecule has 5 heteroatoms. The zero-order chi connectivity index (χ0) is 15.4. The Bertz CT molecular complexity index is 694. The van der Waals surface area contributed by atoms with E-state index < -0.39 is 4.92 Å². The zero-order valence-corrected chi connectivity index (χ0v) is 11.8. The second kappa shape index (κ2) is 6.17. The van der Waals surface area contributed by atoms with Crippen LogP contribution in [0.15, 0.2) is 42.5 Å². The molecule has 0 spiro atoms. The fraction of sp³-hybridized carbons (Fsp3) is 0.188. The predicted molar refractivity (Wildman–Crippen MR) is 78.9 cm³/mol. The van der Waals surface area contributed by atoms with E-state index >= 15 is 0 Å². The van der Waals surface area contributed by atoms with Gasteiger partial charge in [0.15, 0.2) is 5.78 Å². The molecule has 108 valence electrons. The topological polar surface area (TPSA) is 69.4 Å². The van der Waals surface area contributed by atoms with Gasteiger partial charge in [0.2, 0.25) is 0 Å². The molecule has 2 rings (SSSR count). The van der Waals surface area contributed by atoms with Crippen LogP contribution in [0.25, 0.3) is 0 Å². The maximum absolute atomic E-state index is 12.4. The minimum absolute atomic E-state index is 0.0308. The number of benzene rings is 2. The summed E-state index contributed by atoms with van der Waals surface area (Å²) in [6.07, 6.45) is -0.0308. The van der Waals surface area contributed by atoms with Crippen LogP contribution in [0.2, 0.25) is 0 Å². The smallest absolute Gasteiger partial charge is 0.273 e. The van der Waals surface area contributed by atoms with Crippen molar-refractivity contribution in [3.63, 3.8) is 0 Å². The van der Waals surface area contributed by atoms with Gasteiger partial charge in [-0.3, -0.25) is 14.9 Å². The number of ether oxygens (including phenoxy) is 1. The van der Waals surface area contributed by atoms with Crippen molar-refractivity contribution in [1.82, 2.24) is 0 Å². The molecule has 0 heterocycles. The second-order valence-corrected chi connectivity index (χ2v) is 4.69. The van der Waals surface area contributed by atoms with Gasteiger partial charge < -0.3 is 4.74 Å². The summed E-state index contributed by atoms with van der Waals surface area (Å²) in [5.74, 6) is 0.272. The SMILES string of the molecule is COc1ccc(C)cc1C(=O)Cc1ccccc1[N+](=O)[O-]. The molecular weight excluding hydrogens is 270 g/mol. The fourth-order valence-corrected chi connectivity index (χ4v) is 2.15. The van der Waals surface area contributed by atoms with E-state index in [0.717, 1.165) is 5.56 Å². The van der Waals surface area contributed by atoms with Gasteiger partial charge in [0.05, 0.1) is 17.6 Å². The molecule has 21 heavy (non-hydrogen) atoms. The molecule has 0 radical (unpaired) electrons. The van der Waals surface area contributed by atoms with E-state index in [4.69, 9.17) is 4.74 Å². The number of carbonyl (C=O) groups is 1. The van der Waals surface area contributed by atoms with Gasteiger partial charge in [0.25, 0.3) is 5.69 Å². The van der Waals surface area contributed by atoms with Crippen molar-refractivity contribution < 1.29 is 14.5 Å². The Balaban J connectivity index is 2.35. The molecule has 0 aliphatic rings. The molecule has 0 aromatic heterocycles. The molecule has 0 aliphatic carbocycles. The summed E-state index contributed by atoms with van der Waals surface area (Å²) in [5.41, 5.74) is 1.73. The van der Waals surface area contributed by atoms with Crippen LogP contribution in [0.5, 0.6) is 5.75 Å². The Morgan fingerprint density at radius 3 is 2.62 bits per heavy atom. The molecule has 0 saturated carbocycles. The minimum Gasteiger partial charge on any atom is -0.496 e. The summed E-state index contributed by atoms with van der Waals surface area (Å²) in [6.45, 7) is 1.88. The van der Waals surface area contributed by atoms with Crippen molar-refractivity contribution in [1.29, 1.82) is 0 Å². The van der Waals surface area contributed by atoms with E-state index in [2.05, 4.69) is 0 Å². The minimum atomic E-state index is -0.476. The van der Waals surface area contributed by atoms with Crippen molar-refractivity contribution >= 4 is 11.5 Å². The fourth-order valence-electron chi connectivity index (χ4n) is 2.15. The van der Waals surface area contributed by atoms with Crippen LogP contribution in [0.3, 0.4) is 0 Å². The van der Waals surface area contributed by atoms with E-state index in [-0.39, 0.29) is 17.9 Å². The van der Waals surface area contributed by atoms with Crippen LogP contribution in [-0.4, -0.2) is 17.8 Å². The van der Waals surface area contributed by atoms with Gasteiger partial charge in [0.1, 0.15) is 5.75 Å². The Kier molecular flexibility index (Phi) is 4.33. The zero-order valence-electron chi connectivity index (χ0n) is 11.8. The highest BCUT2D eigenvalue weighted by Crippen LogP contribution is 2.24. The predicted octanol–water partition coefficient (Wildman–Crippen LogP) is 3.34. The quantitative estimate of drug-likeness (QED) is 0.480. The highest BCUT2D eigenvalue weighted by atomic mass is 16.6. The average molecular weight is 285 g/mol. The molecule has 0 aliphatic heterocycles. The molecule has 2 aromatic rings. The number of nitro groups is 1. The Morgan fingerprint density at radius 2 is 1.95 bits per heavy atom. The number of ketones is 1. The monoisotopic (exact) mass is 285 g/mol. The third-order valence-electron chi connectivity index (χ3n) is 3.19. The molecule has 0 fully saturated rings. The first-order valence-corrected chi connectivity index (χ1v) is 6.43. The van der Waals surface area contributed by atoms with Gasteiger partial charge in [0, 0.05) is 18.1 Å². The molecule has 0 atom stereocenters. The van der Waals surface area contributed by atoms with Crippen molar-refractivity contribution in [2.24, 2.45) is 0 Å². The van der Waals surface area contributed by atoms with Crippen LogP contribution in [-0.2, 0) is 6.42 Å². The van der Waals surface area contributed by atoms with E-state index in [0.29, 0.717) is 16.9 Å². The van der Waals surface area contributed by atoms with E-state index in [9.17, 15) is 14.9 Å². The molecule has 2 aromatic carbocycles. The summed E-state index contributed by atoms with van der Waals surface area (Å²) < 4.78 is 5.18. The Morgan fingerprint density at radius 1 is 1.24 bits per heavy atom. The summed E-state index contributed by atoms with van der Waals surface area (Å²) >= 11 is 0. The normalized spacial score (nSPS) is 10.2. The second-order valence-electron chi connectivity index (χ2n) is 4.69. The summed E-state index contributed by atoms with van der Waals surface area (Å²) in [7, 11) is 1.49. The number of aryl methyl sites for hydroxylation is 1. The van der Waals surface area contributed by atoms with Gasteiger partial charge in [-0.05, 0) is 19.1 Å². The van der Waals surface area contributed by atoms with E-state index in [1.807, 2.05) is 13.0 Å². The van der Waals surface area contributed by atoms with Gasteiger partial charge >= 0.3 is 0 Å². The van der Waals surface area contributed by atoms with Crippen molar-refractivity contribution in [2.75, 3.05) is 7.11 Å². The van der Waals surface area contributed by atoms with E-state index in [1.165, 1.54) is 13.2 Å². The van der Waals surface area contributed by atoms with Gasteiger partial charge in [-0.2, -0.15) is 0 Å². The Labute approximate surface area is 122 Å². The molecule has 0 bridgehead atoms. The molecular formula is C16H15NO4. The van der Waals surface area contributed by atoms with Crippen molar-refractivity contribution in [3.05, 3.63) is 69.3 Å². The molecule has 5 nitrogen and oxygen atoms in total. The lowest BCUT2D eigenvalue weighted by Crippen LogP contribution is -2.08. The third-order valence-corrected chi connectivity index (χ3v) is 3.19. The number of rotatable bonds is 5. The molecule has 0 N–H and O–H groups in total. The maximum Gasteiger partial charge on any atom is 0.273 e. The number of methoxy groups -OCH3 is 1. The van der Waals surface area contributed by atoms with Crippen LogP contribution in [0.1, 0.15) is 21.5 Å². The highest BCUT2D eigenvalue weighted by Gasteiger charge is 2.18. The number of para-hydroxylation sites is 1. The molecule has 0 unspecified atom stereocenters. The highest BCUT2D eigenvalue weighted by molar-refractivity contribution is 6.00. The number of nitro benzene ring substituents is 1. The number of Topliss-reactive ketones (excluding diaryl/α,β-unsaturated/α-hetero) is 1. The van der Waals surface area contributed by atoms with Crippen LogP contribution >= 0.6 is 0 Å². The van der Waals surface area contributed by atoms with Crippen LogP contribution in [0.4, 0.5) is 5.69 Å². The van der Waals surface area contributed by atoms with Crippen molar-refractivity contribution in [2.45, 2.75) is 13.3 Å². The lowest BCUT2D eigenvalue weighted by molar-refractivity contribution is -0.385. The van der Waals surface area contributed by atoms with E-state index in [1.54, 1.807) is 30.3 Å². The molecule has 0 saturated heterocycles. The number of hydrogen-bond acceptors (Lipinski definition) is 4. The van der Waals surface area contributed by atoms with Crippen molar-refractivity contribution in [3.8, 4) is 5.75 Å². The number of carbonyl (C=O) groups excluding carboxylic acids is 1. The Hall–Kier alpha value is -2.69. The lowest BCUT2D eigenvalue weighted by atomic mass is 9.99. The standard InChI is InChI=1S/C16H15NO4/c1-11-7-8-16(21-2)13(9-11)15(18)10-12-5-3-4-6-14(12)17(19)20/h3-9H,10H2,1-2H3. The van der Waals surface area contributed by atoms with Gasteiger partial charge in [-0.25, -0.2) is 0 Å². The molecule has 0 amide bonds. The number of nitrogens with zero attached hydrogens (tertiary/aromatic N) is 1. The maximum atomic E-state index is 12.4. The summed E-state index contributed by atoms with van der Waals surface area (Å²) in [6, 6.07) is 11.6. The lowest BCUT2D eigenvalue weighted by Gasteiger charge is -2.09. The largest absolute Gasteiger partial charge is 0.496 e. The number of hydrogen-bond donors (Lipinski definition) is 0. The van der Waals surface area contributed by atoms with Gasteiger partial charge in [-0.1, -0.05) is 29.8 Å². The average Bonchev–Trinajstić information content (AvgIpc) is 2.47. The first kappa shape index (κ1) is 14.7. The first-order valence-electron chi connectivity index (χ1n) is 6.43. The van der Waals surface area contributed by atoms with Gasteiger partial charge in [-0.15, -0.1) is 0 Å². The van der Waals surface area contributed by atoms with Crippen LogP contribution < -0.4 is 4.74 Å². The first-order chi connectivity index (χ1) is 10.0.